The van der Waals surface area contributed by atoms with Gasteiger partial charge < -0.3 is 10.6 Å². The summed E-state index contributed by atoms with van der Waals surface area (Å²) >= 11 is 5.94. The average molecular weight is 426 g/mol. The number of rotatable bonds is 5. The Hall–Kier alpha value is -2.86. The van der Waals surface area contributed by atoms with Crippen molar-refractivity contribution in [3.63, 3.8) is 0 Å². The third kappa shape index (κ3) is 3.79. The highest BCUT2D eigenvalue weighted by molar-refractivity contribution is 6.30. The molecule has 2 unspecified atom stereocenters. The zero-order valence-electron chi connectivity index (χ0n) is 16.8. The lowest BCUT2D eigenvalue weighted by Crippen LogP contribution is -2.51. The fraction of sp³-hybridized carbons (Fsp3) is 0.348. The lowest BCUT2D eigenvalue weighted by Gasteiger charge is -2.32. The number of halogens is 1. The SMILES string of the molecule is CCC(NC(=O)CN1C(=O)NC2(CCc3ccccc3C2)C1=O)c1ccc(Cl)cc1. The Morgan fingerprint density at radius 3 is 2.57 bits per heavy atom. The summed E-state index contributed by atoms with van der Waals surface area (Å²) in [4.78, 5) is 39.4. The smallest absolute Gasteiger partial charge is 0.325 e. The van der Waals surface area contributed by atoms with Crippen LogP contribution >= 0.6 is 11.6 Å². The van der Waals surface area contributed by atoms with Crippen LogP contribution in [0.1, 0.15) is 42.5 Å². The van der Waals surface area contributed by atoms with Gasteiger partial charge in [0.1, 0.15) is 12.1 Å². The van der Waals surface area contributed by atoms with Crippen LogP contribution in [-0.4, -0.2) is 34.8 Å². The highest BCUT2D eigenvalue weighted by Gasteiger charge is 2.52. The number of nitrogens with one attached hydrogen (secondary N) is 2. The molecule has 0 radical (unpaired) electrons. The molecule has 2 aromatic rings. The lowest BCUT2D eigenvalue weighted by molar-refractivity contribution is -0.135. The predicted octanol–water partition coefficient (Wildman–Crippen LogP) is 3.39. The van der Waals surface area contributed by atoms with Gasteiger partial charge in [0.25, 0.3) is 5.91 Å². The highest BCUT2D eigenvalue weighted by atomic mass is 35.5. The third-order valence-electron chi connectivity index (χ3n) is 6.00. The zero-order chi connectivity index (χ0) is 21.3. The largest absolute Gasteiger partial charge is 0.348 e. The maximum Gasteiger partial charge on any atom is 0.325 e. The predicted molar refractivity (Wildman–Crippen MR) is 114 cm³/mol. The van der Waals surface area contributed by atoms with Crippen molar-refractivity contribution < 1.29 is 14.4 Å². The quantitative estimate of drug-likeness (QED) is 0.721. The Labute approximate surface area is 180 Å². The number of amides is 4. The summed E-state index contributed by atoms with van der Waals surface area (Å²) in [5.41, 5.74) is 2.24. The number of hydrogen-bond donors (Lipinski definition) is 2. The van der Waals surface area contributed by atoms with Crippen molar-refractivity contribution in [1.29, 1.82) is 0 Å². The zero-order valence-corrected chi connectivity index (χ0v) is 17.5. The van der Waals surface area contributed by atoms with E-state index in [4.69, 9.17) is 11.6 Å². The average Bonchev–Trinajstić information content (AvgIpc) is 2.96. The molecule has 2 N–H and O–H groups in total. The second-order valence-electron chi connectivity index (χ2n) is 7.93. The number of benzene rings is 2. The van der Waals surface area contributed by atoms with E-state index in [1.165, 1.54) is 5.56 Å². The molecule has 1 fully saturated rings. The minimum absolute atomic E-state index is 0.217. The number of hydrogen-bond acceptors (Lipinski definition) is 3. The van der Waals surface area contributed by atoms with Crippen molar-refractivity contribution in [2.45, 2.75) is 44.2 Å². The molecule has 2 atom stereocenters. The molecule has 6 nitrogen and oxygen atoms in total. The first-order chi connectivity index (χ1) is 14.4. The number of aryl methyl sites for hydroxylation is 1. The van der Waals surface area contributed by atoms with Crippen LogP contribution in [0.15, 0.2) is 48.5 Å². The number of nitrogens with zero attached hydrogens (tertiary/aromatic N) is 1. The molecule has 2 aromatic carbocycles. The minimum Gasteiger partial charge on any atom is -0.348 e. The first kappa shape index (κ1) is 20.4. The number of carbonyl (C=O) groups excluding carboxylic acids is 3. The lowest BCUT2D eigenvalue weighted by atomic mass is 9.78. The van der Waals surface area contributed by atoms with Gasteiger partial charge in [-0.2, -0.15) is 0 Å². The van der Waals surface area contributed by atoms with Crippen LogP contribution < -0.4 is 10.6 Å². The highest BCUT2D eigenvalue weighted by Crippen LogP contribution is 2.33. The standard InChI is InChI=1S/C23H24ClN3O3/c1-2-19(16-7-9-18(24)10-8-16)25-20(28)14-27-21(29)23(26-22(27)30)12-11-15-5-3-4-6-17(15)13-23/h3-10,19H,2,11-14H2,1H3,(H,25,28)(H,26,30). The van der Waals surface area contributed by atoms with Crippen LogP contribution in [0.3, 0.4) is 0 Å². The van der Waals surface area contributed by atoms with E-state index in [2.05, 4.69) is 16.7 Å². The topological polar surface area (TPSA) is 78.5 Å². The molecule has 1 heterocycles. The van der Waals surface area contributed by atoms with E-state index in [9.17, 15) is 14.4 Å². The minimum atomic E-state index is -0.952. The molecule has 4 rings (SSSR count). The molecule has 1 aliphatic carbocycles. The van der Waals surface area contributed by atoms with E-state index in [0.29, 0.717) is 24.3 Å². The normalized spacial score (nSPS) is 21.3. The molecule has 1 aliphatic heterocycles. The third-order valence-corrected chi connectivity index (χ3v) is 6.25. The Balaban J connectivity index is 1.44. The van der Waals surface area contributed by atoms with Crippen molar-refractivity contribution >= 4 is 29.4 Å². The summed E-state index contributed by atoms with van der Waals surface area (Å²) < 4.78 is 0. The molecule has 1 spiro atoms. The van der Waals surface area contributed by atoms with Crippen LogP contribution in [0.25, 0.3) is 0 Å². The van der Waals surface area contributed by atoms with E-state index in [1.807, 2.05) is 37.3 Å². The summed E-state index contributed by atoms with van der Waals surface area (Å²) in [7, 11) is 0. The molecular formula is C23H24ClN3O3. The Kier molecular flexibility index (Phi) is 5.52. The second kappa shape index (κ2) is 8.11. The number of imide groups is 1. The summed E-state index contributed by atoms with van der Waals surface area (Å²) in [5, 5.41) is 6.41. The van der Waals surface area contributed by atoms with Gasteiger partial charge in [-0.25, -0.2) is 4.79 Å². The molecule has 156 valence electrons. The number of fused-ring (bicyclic) bond motifs is 1. The maximum atomic E-state index is 13.1. The molecule has 1 saturated heterocycles. The fourth-order valence-electron chi connectivity index (χ4n) is 4.34. The van der Waals surface area contributed by atoms with Gasteiger partial charge in [0.05, 0.1) is 6.04 Å². The van der Waals surface area contributed by atoms with Gasteiger partial charge >= 0.3 is 6.03 Å². The van der Waals surface area contributed by atoms with E-state index < -0.39 is 11.6 Å². The van der Waals surface area contributed by atoms with Crippen molar-refractivity contribution in [2.24, 2.45) is 0 Å². The second-order valence-corrected chi connectivity index (χ2v) is 8.37. The molecular weight excluding hydrogens is 402 g/mol. The van der Waals surface area contributed by atoms with Crippen molar-refractivity contribution in [3.05, 3.63) is 70.2 Å². The van der Waals surface area contributed by atoms with Crippen LogP contribution in [0.4, 0.5) is 4.79 Å². The Morgan fingerprint density at radius 1 is 1.17 bits per heavy atom. The molecule has 0 bridgehead atoms. The van der Waals surface area contributed by atoms with Gasteiger partial charge in [0.2, 0.25) is 5.91 Å². The molecule has 30 heavy (non-hydrogen) atoms. The van der Waals surface area contributed by atoms with E-state index in [-0.39, 0.29) is 24.4 Å². The van der Waals surface area contributed by atoms with Crippen molar-refractivity contribution in [3.8, 4) is 0 Å². The van der Waals surface area contributed by atoms with Gasteiger partial charge in [-0.05, 0) is 48.1 Å². The molecule has 0 saturated carbocycles. The molecule has 4 amide bonds. The maximum absolute atomic E-state index is 13.1. The van der Waals surface area contributed by atoms with Gasteiger partial charge in [0.15, 0.2) is 0 Å². The van der Waals surface area contributed by atoms with Crippen molar-refractivity contribution in [1.82, 2.24) is 15.5 Å². The van der Waals surface area contributed by atoms with Gasteiger partial charge in [-0.1, -0.05) is 54.9 Å². The molecule has 0 aromatic heterocycles. The first-order valence-electron chi connectivity index (χ1n) is 10.2. The molecule has 2 aliphatic rings. The van der Waals surface area contributed by atoms with E-state index in [1.54, 1.807) is 12.1 Å². The van der Waals surface area contributed by atoms with Gasteiger partial charge in [0, 0.05) is 11.4 Å². The van der Waals surface area contributed by atoms with Crippen LogP contribution in [0.2, 0.25) is 5.02 Å². The summed E-state index contributed by atoms with van der Waals surface area (Å²) in [5.74, 6) is -0.690. The monoisotopic (exact) mass is 425 g/mol. The summed E-state index contributed by atoms with van der Waals surface area (Å²) in [6.07, 6.45) is 2.38. The summed E-state index contributed by atoms with van der Waals surface area (Å²) in [6.45, 7) is 1.67. The number of carbonyl (C=O) groups is 3. The van der Waals surface area contributed by atoms with Crippen molar-refractivity contribution in [2.75, 3.05) is 6.54 Å². The summed E-state index contributed by atoms with van der Waals surface area (Å²) in [6, 6.07) is 14.5. The van der Waals surface area contributed by atoms with Crippen LogP contribution in [0.5, 0.6) is 0 Å². The van der Waals surface area contributed by atoms with E-state index in [0.717, 1.165) is 22.4 Å². The molecule has 7 heteroatoms. The first-order valence-corrected chi connectivity index (χ1v) is 10.6. The van der Waals surface area contributed by atoms with E-state index >= 15 is 0 Å². The Morgan fingerprint density at radius 2 is 1.87 bits per heavy atom. The van der Waals surface area contributed by atoms with Gasteiger partial charge in [-0.15, -0.1) is 0 Å². The number of urea groups is 1. The van der Waals surface area contributed by atoms with Crippen LogP contribution in [0, 0.1) is 0 Å². The Bertz CT molecular complexity index is 991. The fourth-order valence-corrected chi connectivity index (χ4v) is 4.47. The van der Waals surface area contributed by atoms with Gasteiger partial charge in [-0.3, -0.25) is 14.5 Å². The van der Waals surface area contributed by atoms with Crippen LogP contribution in [-0.2, 0) is 22.4 Å².